The second kappa shape index (κ2) is 7.36. The van der Waals surface area contributed by atoms with E-state index in [1.165, 1.54) is 44.9 Å². The molecular formula is C16H28N4O. The van der Waals surface area contributed by atoms with E-state index in [-0.39, 0.29) is 0 Å². The Bertz CT molecular complexity index is 437. The van der Waals surface area contributed by atoms with Crippen LogP contribution in [0.4, 0.5) is 0 Å². The van der Waals surface area contributed by atoms with Crippen LogP contribution in [0.5, 0.6) is 0 Å². The summed E-state index contributed by atoms with van der Waals surface area (Å²) in [4.78, 5) is 0. The molecule has 5 heteroatoms. The standard InChI is InChI=1S/C16H28N4O/c1-2-10-17-13-6-8-14(9-7-13)21-12-16-19-18-15-5-3-4-11-20(15)16/h13-14,17H,2-12H2,1H3. The van der Waals surface area contributed by atoms with Crippen molar-refractivity contribution < 1.29 is 4.74 Å². The third kappa shape index (κ3) is 3.83. The van der Waals surface area contributed by atoms with Crippen molar-refractivity contribution in [2.75, 3.05) is 6.54 Å². The lowest BCUT2D eigenvalue weighted by Crippen LogP contribution is -2.35. The number of aryl methyl sites for hydroxylation is 1. The number of nitrogens with zero attached hydrogens (tertiary/aromatic N) is 3. The molecule has 0 bridgehead atoms. The number of ether oxygens (including phenoxy) is 1. The molecule has 118 valence electrons. The summed E-state index contributed by atoms with van der Waals surface area (Å²) in [5.41, 5.74) is 0. The molecule has 1 aliphatic heterocycles. The van der Waals surface area contributed by atoms with Crippen molar-refractivity contribution >= 4 is 0 Å². The molecule has 5 nitrogen and oxygen atoms in total. The molecule has 0 unspecified atom stereocenters. The highest BCUT2D eigenvalue weighted by molar-refractivity contribution is 4.97. The van der Waals surface area contributed by atoms with Gasteiger partial charge in [-0.05, 0) is 51.5 Å². The SMILES string of the molecule is CCCNC1CCC(OCc2nnc3n2CCCC3)CC1. The van der Waals surface area contributed by atoms with E-state index in [1.807, 2.05) is 0 Å². The average molecular weight is 292 g/mol. The zero-order chi connectivity index (χ0) is 14.5. The molecule has 2 heterocycles. The second-order valence-electron chi connectivity index (χ2n) is 6.38. The number of rotatable bonds is 6. The minimum Gasteiger partial charge on any atom is -0.370 e. The van der Waals surface area contributed by atoms with Crippen molar-refractivity contribution in [1.82, 2.24) is 20.1 Å². The summed E-state index contributed by atoms with van der Waals surface area (Å²) in [6.45, 7) is 5.06. The first-order chi connectivity index (χ1) is 10.4. The van der Waals surface area contributed by atoms with Crippen LogP contribution in [0.2, 0.25) is 0 Å². The minimum absolute atomic E-state index is 0.404. The van der Waals surface area contributed by atoms with Crippen molar-refractivity contribution in [3.63, 3.8) is 0 Å². The van der Waals surface area contributed by atoms with Gasteiger partial charge in [-0.1, -0.05) is 6.92 Å². The highest BCUT2D eigenvalue weighted by Crippen LogP contribution is 2.23. The molecule has 0 atom stereocenters. The number of fused-ring (bicyclic) bond motifs is 1. The first-order valence-electron chi connectivity index (χ1n) is 8.62. The van der Waals surface area contributed by atoms with E-state index in [1.54, 1.807) is 0 Å². The maximum absolute atomic E-state index is 6.10. The van der Waals surface area contributed by atoms with Crippen LogP contribution in [-0.2, 0) is 24.3 Å². The maximum atomic E-state index is 6.10. The number of nitrogens with one attached hydrogen (secondary N) is 1. The molecule has 1 fully saturated rings. The van der Waals surface area contributed by atoms with Crippen LogP contribution in [0.15, 0.2) is 0 Å². The molecule has 0 saturated heterocycles. The Hall–Kier alpha value is -0.940. The monoisotopic (exact) mass is 292 g/mol. The summed E-state index contributed by atoms with van der Waals surface area (Å²) in [7, 11) is 0. The molecule has 1 aromatic rings. The van der Waals surface area contributed by atoms with Crippen LogP contribution in [0.25, 0.3) is 0 Å². The highest BCUT2D eigenvalue weighted by Gasteiger charge is 2.22. The lowest BCUT2D eigenvalue weighted by atomic mass is 9.93. The van der Waals surface area contributed by atoms with Crippen molar-refractivity contribution in [1.29, 1.82) is 0 Å². The van der Waals surface area contributed by atoms with Gasteiger partial charge in [-0.15, -0.1) is 10.2 Å². The molecule has 1 saturated carbocycles. The van der Waals surface area contributed by atoms with Gasteiger partial charge in [0.15, 0.2) is 5.82 Å². The van der Waals surface area contributed by atoms with Crippen molar-refractivity contribution in [3.05, 3.63) is 11.6 Å². The fraction of sp³-hybridized carbons (Fsp3) is 0.875. The molecule has 2 aliphatic rings. The van der Waals surface area contributed by atoms with Gasteiger partial charge in [-0.25, -0.2) is 0 Å². The molecule has 21 heavy (non-hydrogen) atoms. The first kappa shape index (κ1) is 15.0. The maximum Gasteiger partial charge on any atom is 0.159 e. The Balaban J connectivity index is 1.43. The van der Waals surface area contributed by atoms with Crippen LogP contribution >= 0.6 is 0 Å². The van der Waals surface area contributed by atoms with E-state index >= 15 is 0 Å². The molecule has 0 spiro atoms. The van der Waals surface area contributed by atoms with E-state index in [0.29, 0.717) is 18.8 Å². The Labute approximate surface area is 127 Å². The zero-order valence-electron chi connectivity index (χ0n) is 13.2. The first-order valence-corrected chi connectivity index (χ1v) is 8.62. The summed E-state index contributed by atoms with van der Waals surface area (Å²) in [5, 5.41) is 12.2. The topological polar surface area (TPSA) is 52.0 Å². The van der Waals surface area contributed by atoms with Crippen molar-refractivity contribution in [2.45, 2.75) is 83.6 Å². The summed E-state index contributed by atoms with van der Waals surface area (Å²) in [6.07, 6.45) is 9.99. The Kier molecular flexibility index (Phi) is 5.25. The van der Waals surface area contributed by atoms with E-state index in [9.17, 15) is 0 Å². The smallest absolute Gasteiger partial charge is 0.159 e. The fourth-order valence-corrected chi connectivity index (χ4v) is 3.45. The number of aromatic nitrogens is 3. The Morgan fingerprint density at radius 2 is 2.05 bits per heavy atom. The second-order valence-corrected chi connectivity index (χ2v) is 6.38. The molecule has 1 N–H and O–H groups in total. The molecule has 0 radical (unpaired) electrons. The molecule has 0 aromatic carbocycles. The Morgan fingerprint density at radius 1 is 1.19 bits per heavy atom. The van der Waals surface area contributed by atoms with Crippen LogP contribution in [0.1, 0.15) is 63.5 Å². The summed E-state index contributed by atoms with van der Waals surface area (Å²) >= 11 is 0. The number of hydrogen-bond donors (Lipinski definition) is 1. The lowest BCUT2D eigenvalue weighted by molar-refractivity contribution is 0.00663. The molecule has 1 aromatic heterocycles. The lowest BCUT2D eigenvalue weighted by Gasteiger charge is -2.29. The van der Waals surface area contributed by atoms with Crippen LogP contribution < -0.4 is 5.32 Å². The third-order valence-corrected chi connectivity index (χ3v) is 4.74. The van der Waals surface area contributed by atoms with Gasteiger partial charge in [0.1, 0.15) is 12.4 Å². The highest BCUT2D eigenvalue weighted by atomic mass is 16.5. The normalized spacial score (nSPS) is 25.8. The van der Waals surface area contributed by atoms with Gasteiger partial charge in [-0.3, -0.25) is 0 Å². The fourth-order valence-electron chi connectivity index (χ4n) is 3.45. The van der Waals surface area contributed by atoms with Gasteiger partial charge >= 0.3 is 0 Å². The van der Waals surface area contributed by atoms with Crippen molar-refractivity contribution in [3.8, 4) is 0 Å². The molecule has 1 aliphatic carbocycles. The van der Waals surface area contributed by atoms with Gasteiger partial charge < -0.3 is 14.6 Å². The van der Waals surface area contributed by atoms with Gasteiger partial charge in [0.25, 0.3) is 0 Å². The van der Waals surface area contributed by atoms with Crippen molar-refractivity contribution in [2.24, 2.45) is 0 Å². The Morgan fingerprint density at radius 3 is 2.86 bits per heavy atom. The minimum atomic E-state index is 0.404. The third-order valence-electron chi connectivity index (χ3n) is 4.74. The summed E-state index contributed by atoms with van der Waals surface area (Å²) in [6, 6.07) is 0.700. The zero-order valence-corrected chi connectivity index (χ0v) is 13.2. The van der Waals surface area contributed by atoms with Gasteiger partial charge in [0, 0.05) is 19.0 Å². The van der Waals surface area contributed by atoms with Gasteiger partial charge in [0.2, 0.25) is 0 Å². The number of hydrogen-bond acceptors (Lipinski definition) is 4. The van der Waals surface area contributed by atoms with Gasteiger partial charge in [-0.2, -0.15) is 0 Å². The van der Waals surface area contributed by atoms with E-state index in [2.05, 4.69) is 27.0 Å². The van der Waals surface area contributed by atoms with Crippen LogP contribution in [0, 0.1) is 0 Å². The van der Waals surface area contributed by atoms with E-state index in [0.717, 1.165) is 31.2 Å². The molecule has 0 amide bonds. The predicted molar refractivity (Wildman–Crippen MR) is 82.1 cm³/mol. The van der Waals surface area contributed by atoms with Crippen LogP contribution in [-0.4, -0.2) is 33.5 Å². The van der Waals surface area contributed by atoms with E-state index < -0.39 is 0 Å². The summed E-state index contributed by atoms with van der Waals surface area (Å²) < 4.78 is 8.36. The van der Waals surface area contributed by atoms with Crippen LogP contribution in [0.3, 0.4) is 0 Å². The molecular weight excluding hydrogens is 264 g/mol. The molecule has 3 rings (SSSR count). The summed E-state index contributed by atoms with van der Waals surface area (Å²) in [5.74, 6) is 2.17. The quantitative estimate of drug-likeness (QED) is 0.875. The van der Waals surface area contributed by atoms with E-state index in [4.69, 9.17) is 4.74 Å². The average Bonchev–Trinajstić information content (AvgIpc) is 2.95. The predicted octanol–water partition coefficient (Wildman–Crippen LogP) is 2.44. The van der Waals surface area contributed by atoms with Gasteiger partial charge in [0.05, 0.1) is 6.10 Å². The largest absolute Gasteiger partial charge is 0.370 e.